The first-order valence-electron chi connectivity index (χ1n) is 9.38. The van der Waals surface area contributed by atoms with Crippen molar-refractivity contribution in [3.8, 4) is 0 Å². The molecule has 1 heterocycles. The lowest BCUT2D eigenvalue weighted by Crippen LogP contribution is -2.45. The van der Waals surface area contributed by atoms with E-state index in [1.165, 1.54) is 11.8 Å². The van der Waals surface area contributed by atoms with Gasteiger partial charge in [-0.2, -0.15) is 0 Å². The number of carbonyl (C=O) groups excluding carboxylic acids is 3. The SMILES string of the molecule is CC(=O)O[C@@H](c1ccccc1)[C@@H](NC(=O)[C@@H]1CCCN1C=O)c1ccccc1. The summed E-state index contributed by atoms with van der Waals surface area (Å²) in [5.74, 6) is -0.675. The Morgan fingerprint density at radius 3 is 2.25 bits per heavy atom. The highest BCUT2D eigenvalue weighted by Crippen LogP contribution is 2.33. The van der Waals surface area contributed by atoms with Crippen LogP contribution in [0.15, 0.2) is 60.7 Å². The van der Waals surface area contributed by atoms with Gasteiger partial charge in [-0.15, -0.1) is 0 Å². The van der Waals surface area contributed by atoms with E-state index < -0.39 is 24.2 Å². The summed E-state index contributed by atoms with van der Waals surface area (Å²) in [4.78, 5) is 37.6. The Labute approximate surface area is 164 Å². The first-order valence-corrected chi connectivity index (χ1v) is 9.38. The molecule has 6 heteroatoms. The number of benzene rings is 2. The van der Waals surface area contributed by atoms with Crippen molar-refractivity contribution in [2.75, 3.05) is 6.54 Å². The van der Waals surface area contributed by atoms with Crippen molar-refractivity contribution in [3.05, 3.63) is 71.8 Å². The van der Waals surface area contributed by atoms with Gasteiger partial charge in [0.05, 0.1) is 6.04 Å². The van der Waals surface area contributed by atoms with Crippen molar-refractivity contribution in [2.45, 2.75) is 38.0 Å². The third kappa shape index (κ3) is 4.57. The number of hydrogen-bond acceptors (Lipinski definition) is 4. The molecule has 1 aliphatic rings. The maximum Gasteiger partial charge on any atom is 0.303 e. The van der Waals surface area contributed by atoms with Crippen LogP contribution >= 0.6 is 0 Å². The zero-order chi connectivity index (χ0) is 19.9. The molecule has 1 fully saturated rings. The van der Waals surface area contributed by atoms with E-state index in [9.17, 15) is 14.4 Å². The maximum atomic E-state index is 13.0. The molecule has 0 unspecified atom stereocenters. The number of likely N-dealkylation sites (tertiary alicyclic amines) is 1. The molecule has 3 atom stereocenters. The lowest BCUT2D eigenvalue weighted by atomic mass is 9.95. The van der Waals surface area contributed by atoms with Crippen LogP contribution in [0.25, 0.3) is 0 Å². The van der Waals surface area contributed by atoms with E-state index in [0.717, 1.165) is 24.0 Å². The van der Waals surface area contributed by atoms with Crippen molar-refractivity contribution in [3.63, 3.8) is 0 Å². The Morgan fingerprint density at radius 1 is 1.07 bits per heavy atom. The zero-order valence-corrected chi connectivity index (χ0v) is 15.8. The Hall–Kier alpha value is -3.15. The van der Waals surface area contributed by atoms with Crippen LogP contribution in [0.5, 0.6) is 0 Å². The van der Waals surface area contributed by atoms with Crippen LogP contribution in [0, 0.1) is 0 Å². The van der Waals surface area contributed by atoms with Gasteiger partial charge in [-0.25, -0.2) is 0 Å². The first-order chi connectivity index (χ1) is 13.6. The molecular weight excluding hydrogens is 356 g/mol. The molecule has 0 aliphatic carbocycles. The minimum Gasteiger partial charge on any atom is -0.455 e. The molecule has 2 aromatic rings. The van der Waals surface area contributed by atoms with E-state index in [1.54, 1.807) is 0 Å². The maximum absolute atomic E-state index is 13.0. The summed E-state index contributed by atoms with van der Waals surface area (Å²) in [5.41, 5.74) is 1.60. The van der Waals surface area contributed by atoms with Crippen LogP contribution < -0.4 is 5.32 Å². The van der Waals surface area contributed by atoms with E-state index >= 15 is 0 Å². The quantitative estimate of drug-likeness (QED) is 0.592. The van der Waals surface area contributed by atoms with Gasteiger partial charge in [0.15, 0.2) is 6.10 Å². The first kappa shape index (κ1) is 19.6. The summed E-state index contributed by atoms with van der Waals surface area (Å²) in [6.45, 7) is 1.93. The number of ether oxygens (including phenoxy) is 1. The standard InChI is InChI=1S/C22H24N2O4/c1-16(26)28-21(18-11-6-3-7-12-18)20(17-9-4-2-5-10-17)23-22(27)19-13-8-14-24(19)15-25/h2-7,9-12,15,19-21H,8,13-14H2,1H3,(H,23,27)/t19-,20-,21-/m0/s1. The second-order valence-corrected chi connectivity index (χ2v) is 6.84. The lowest BCUT2D eigenvalue weighted by Gasteiger charge is -2.30. The van der Waals surface area contributed by atoms with Crippen molar-refractivity contribution < 1.29 is 19.1 Å². The Kier molecular flexibility index (Phi) is 6.42. The fourth-order valence-corrected chi connectivity index (χ4v) is 3.59. The second kappa shape index (κ2) is 9.17. The van der Waals surface area contributed by atoms with E-state index in [4.69, 9.17) is 4.74 Å². The number of amides is 2. The summed E-state index contributed by atoms with van der Waals surface area (Å²) >= 11 is 0. The predicted octanol–water partition coefficient (Wildman–Crippen LogP) is 2.77. The number of rotatable bonds is 7. The molecule has 146 valence electrons. The van der Waals surface area contributed by atoms with Gasteiger partial charge in [0.2, 0.25) is 12.3 Å². The predicted molar refractivity (Wildman–Crippen MR) is 104 cm³/mol. The summed E-state index contributed by atoms with van der Waals surface area (Å²) in [7, 11) is 0. The van der Waals surface area contributed by atoms with Gasteiger partial charge in [0.25, 0.3) is 0 Å². The topological polar surface area (TPSA) is 75.7 Å². The van der Waals surface area contributed by atoms with Gasteiger partial charge < -0.3 is 15.0 Å². The van der Waals surface area contributed by atoms with E-state index in [2.05, 4.69) is 5.32 Å². The number of hydrogen-bond donors (Lipinski definition) is 1. The number of nitrogens with one attached hydrogen (secondary N) is 1. The van der Waals surface area contributed by atoms with Crippen LogP contribution in [0.4, 0.5) is 0 Å². The molecule has 2 amide bonds. The van der Waals surface area contributed by atoms with E-state index in [0.29, 0.717) is 13.0 Å². The van der Waals surface area contributed by atoms with E-state index in [-0.39, 0.29) is 5.91 Å². The monoisotopic (exact) mass is 380 g/mol. The number of esters is 1. The van der Waals surface area contributed by atoms with Crippen LogP contribution in [0.2, 0.25) is 0 Å². The van der Waals surface area contributed by atoms with Crippen LogP contribution in [-0.2, 0) is 19.1 Å². The van der Waals surface area contributed by atoms with Gasteiger partial charge in [-0.3, -0.25) is 14.4 Å². The third-order valence-corrected chi connectivity index (χ3v) is 4.91. The molecule has 0 spiro atoms. The smallest absolute Gasteiger partial charge is 0.303 e. The van der Waals surface area contributed by atoms with Gasteiger partial charge in [-0.1, -0.05) is 60.7 Å². The molecule has 6 nitrogen and oxygen atoms in total. The average Bonchev–Trinajstić information content (AvgIpc) is 3.20. The van der Waals surface area contributed by atoms with Crippen LogP contribution in [-0.4, -0.2) is 35.8 Å². The Bertz CT molecular complexity index is 810. The zero-order valence-electron chi connectivity index (χ0n) is 15.8. The molecule has 1 N–H and O–H groups in total. The second-order valence-electron chi connectivity index (χ2n) is 6.84. The molecular formula is C22H24N2O4. The molecule has 28 heavy (non-hydrogen) atoms. The largest absolute Gasteiger partial charge is 0.455 e. The third-order valence-electron chi connectivity index (χ3n) is 4.91. The Balaban J connectivity index is 1.94. The lowest BCUT2D eigenvalue weighted by molar-refractivity contribution is -0.149. The van der Waals surface area contributed by atoms with Gasteiger partial charge in [0, 0.05) is 13.5 Å². The molecule has 0 bridgehead atoms. The highest BCUT2D eigenvalue weighted by atomic mass is 16.5. The summed E-state index contributed by atoms with van der Waals surface area (Å²) in [6.07, 6.45) is 1.44. The minimum absolute atomic E-state index is 0.244. The van der Waals surface area contributed by atoms with Crippen LogP contribution in [0.3, 0.4) is 0 Å². The van der Waals surface area contributed by atoms with Crippen molar-refractivity contribution in [1.82, 2.24) is 10.2 Å². The van der Waals surface area contributed by atoms with Gasteiger partial charge >= 0.3 is 5.97 Å². The fourth-order valence-electron chi connectivity index (χ4n) is 3.59. The number of carbonyl (C=O) groups is 3. The van der Waals surface area contributed by atoms with Gasteiger partial charge in [0.1, 0.15) is 6.04 Å². The molecule has 1 aliphatic heterocycles. The summed E-state index contributed by atoms with van der Waals surface area (Å²) in [5, 5.41) is 3.03. The van der Waals surface area contributed by atoms with Gasteiger partial charge in [-0.05, 0) is 24.0 Å². The molecule has 2 aromatic carbocycles. The van der Waals surface area contributed by atoms with Crippen LogP contribution in [0.1, 0.15) is 43.0 Å². The fraction of sp³-hybridized carbons (Fsp3) is 0.318. The molecule has 3 rings (SSSR count). The molecule has 0 aromatic heterocycles. The normalized spacial score (nSPS) is 18.2. The van der Waals surface area contributed by atoms with Crippen molar-refractivity contribution in [1.29, 1.82) is 0 Å². The molecule has 0 radical (unpaired) electrons. The average molecular weight is 380 g/mol. The molecule has 1 saturated heterocycles. The van der Waals surface area contributed by atoms with Crippen molar-refractivity contribution in [2.24, 2.45) is 0 Å². The summed E-state index contributed by atoms with van der Waals surface area (Å²) < 4.78 is 5.63. The highest BCUT2D eigenvalue weighted by molar-refractivity contribution is 5.84. The highest BCUT2D eigenvalue weighted by Gasteiger charge is 2.34. The Morgan fingerprint density at radius 2 is 1.68 bits per heavy atom. The number of nitrogens with zero attached hydrogens (tertiary/aromatic N) is 1. The molecule has 0 saturated carbocycles. The minimum atomic E-state index is -0.684. The summed E-state index contributed by atoms with van der Waals surface area (Å²) in [6, 6.07) is 17.7. The van der Waals surface area contributed by atoms with E-state index in [1.807, 2.05) is 60.7 Å². The van der Waals surface area contributed by atoms with Crippen molar-refractivity contribution >= 4 is 18.3 Å².